The van der Waals surface area contributed by atoms with Crippen molar-refractivity contribution < 1.29 is 14.3 Å². The summed E-state index contributed by atoms with van der Waals surface area (Å²) in [5.41, 5.74) is 2.34. The van der Waals surface area contributed by atoms with E-state index >= 15 is 0 Å². The maximum Gasteiger partial charge on any atom is 0.407 e. The molecule has 2 aromatic rings. The minimum atomic E-state index is -0.417. The fraction of sp³-hybridized carbons (Fsp3) is 0.533. The number of nitrogens with one attached hydrogen (secondary N) is 1. The molecule has 2 aromatic carbocycles. The molecule has 4 rings (SSSR count). The molecule has 7 heteroatoms. The monoisotopic (exact) mass is 506 g/mol. The van der Waals surface area contributed by atoms with Gasteiger partial charge in [0.1, 0.15) is 6.61 Å². The van der Waals surface area contributed by atoms with Gasteiger partial charge in [0.05, 0.1) is 0 Å². The van der Waals surface area contributed by atoms with E-state index in [0.717, 1.165) is 70.4 Å². The number of urea groups is 1. The Morgan fingerprint density at radius 2 is 1.54 bits per heavy atom. The molecule has 2 heterocycles. The zero-order valence-corrected chi connectivity index (χ0v) is 22.2. The Morgan fingerprint density at radius 3 is 2.22 bits per heavy atom. The van der Waals surface area contributed by atoms with Gasteiger partial charge in [-0.1, -0.05) is 67.6 Å². The molecule has 1 N–H and O–H groups in total. The maximum absolute atomic E-state index is 13.5. The second kappa shape index (κ2) is 13.5. The van der Waals surface area contributed by atoms with Gasteiger partial charge in [0, 0.05) is 51.4 Å². The van der Waals surface area contributed by atoms with E-state index in [1.54, 1.807) is 0 Å². The average Bonchev–Trinajstić information content (AvgIpc) is 2.94. The zero-order valence-electron chi connectivity index (χ0n) is 22.2. The molecule has 3 amide bonds. The number of nitrogens with zero attached hydrogens (tertiary/aromatic N) is 3. The van der Waals surface area contributed by atoms with Gasteiger partial charge in [0.15, 0.2) is 0 Å². The summed E-state index contributed by atoms with van der Waals surface area (Å²) >= 11 is 0. The Morgan fingerprint density at radius 1 is 0.892 bits per heavy atom. The predicted octanol–water partition coefficient (Wildman–Crippen LogP) is 4.92. The molecule has 2 aliphatic heterocycles. The number of carbonyl (C=O) groups is 2. The maximum atomic E-state index is 13.5. The molecule has 2 saturated heterocycles. The summed E-state index contributed by atoms with van der Waals surface area (Å²) in [5, 5.41) is 2.81. The molecule has 0 bridgehead atoms. The highest BCUT2D eigenvalue weighted by atomic mass is 16.5. The van der Waals surface area contributed by atoms with Crippen LogP contribution < -0.4 is 5.32 Å². The molecule has 7 nitrogen and oxygen atoms in total. The topological polar surface area (TPSA) is 65.1 Å². The van der Waals surface area contributed by atoms with Crippen LogP contribution in [0.3, 0.4) is 0 Å². The summed E-state index contributed by atoms with van der Waals surface area (Å²) in [6.45, 7) is 8.34. The Kier molecular flexibility index (Phi) is 9.83. The quantitative estimate of drug-likeness (QED) is 0.440. The third-order valence-corrected chi connectivity index (χ3v) is 7.80. The summed E-state index contributed by atoms with van der Waals surface area (Å²) in [4.78, 5) is 32.2. The number of benzene rings is 2. The number of ether oxygens (including phenoxy) is 1. The normalized spacial score (nSPS) is 17.7. The summed E-state index contributed by atoms with van der Waals surface area (Å²) in [7, 11) is 0. The lowest BCUT2D eigenvalue weighted by atomic mass is 9.80. The van der Waals surface area contributed by atoms with Crippen molar-refractivity contribution >= 4 is 12.1 Å². The van der Waals surface area contributed by atoms with Crippen molar-refractivity contribution in [2.24, 2.45) is 0 Å². The molecular formula is C30H42N4O3. The van der Waals surface area contributed by atoms with E-state index < -0.39 is 6.09 Å². The first-order valence-corrected chi connectivity index (χ1v) is 13.9. The number of alkyl carbamates (subject to hydrolysis) is 1. The van der Waals surface area contributed by atoms with E-state index in [4.69, 9.17) is 4.74 Å². The lowest BCUT2D eigenvalue weighted by Gasteiger charge is -2.54. The van der Waals surface area contributed by atoms with Crippen molar-refractivity contribution in [3.63, 3.8) is 0 Å². The van der Waals surface area contributed by atoms with Crippen LogP contribution in [0.1, 0.15) is 50.2 Å². The van der Waals surface area contributed by atoms with Gasteiger partial charge in [-0.15, -0.1) is 0 Å². The highest BCUT2D eigenvalue weighted by Gasteiger charge is 2.46. The smallest absolute Gasteiger partial charge is 0.407 e. The van der Waals surface area contributed by atoms with Crippen LogP contribution in [0.2, 0.25) is 0 Å². The number of rotatable bonds is 11. The number of hydrogen-bond donors (Lipinski definition) is 1. The Labute approximate surface area is 221 Å². The highest BCUT2D eigenvalue weighted by molar-refractivity contribution is 5.76. The molecule has 0 atom stereocenters. The molecule has 0 unspecified atom stereocenters. The summed E-state index contributed by atoms with van der Waals surface area (Å²) in [5.74, 6) is 0. The molecule has 0 radical (unpaired) electrons. The summed E-state index contributed by atoms with van der Waals surface area (Å²) < 4.78 is 5.27. The van der Waals surface area contributed by atoms with Gasteiger partial charge in [-0.2, -0.15) is 0 Å². The van der Waals surface area contributed by atoms with E-state index in [1.165, 1.54) is 5.56 Å². The molecule has 0 aromatic heterocycles. The number of hydrogen-bond acceptors (Lipinski definition) is 4. The largest absolute Gasteiger partial charge is 0.445 e. The van der Waals surface area contributed by atoms with Crippen molar-refractivity contribution in [3.05, 3.63) is 71.8 Å². The third kappa shape index (κ3) is 7.48. The second-order valence-corrected chi connectivity index (χ2v) is 10.3. The van der Waals surface area contributed by atoms with Crippen LogP contribution in [0.5, 0.6) is 0 Å². The first-order chi connectivity index (χ1) is 18.1. The van der Waals surface area contributed by atoms with Crippen LogP contribution in [-0.2, 0) is 17.8 Å². The van der Waals surface area contributed by atoms with E-state index in [9.17, 15) is 9.59 Å². The standard InChI is InChI=1S/C30H42N4O3/c1-2-19-34-29(36)33(20-9-18-31-28(35)37-25-27-12-7-4-8-13-27)24-17-30(34)15-22-32(23-16-30)21-14-26-10-5-3-6-11-26/h3-8,10-13H,2,9,14-25H2,1H3,(H,31,35). The van der Waals surface area contributed by atoms with E-state index in [1.807, 2.05) is 35.2 Å². The van der Waals surface area contributed by atoms with Crippen LogP contribution in [-0.4, -0.2) is 78.2 Å². The molecule has 37 heavy (non-hydrogen) atoms. The highest BCUT2D eigenvalue weighted by Crippen LogP contribution is 2.36. The molecule has 2 aliphatic rings. The first kappa shape index (κ1) is 27.0. The van der Waals surface area contributed by atoms with Gasteiger partial charge in [-0.25, -0.2) is 9.59 Å². The van der Waals surface area contributed by atoms with Crippen LogP contribution in [0, 0.1) is 0 Å². The average molecular weight is 507 g/mol. The summed E-state index contributed by atoms with van der Waals surface area (Å²) in [6.07, 6.45) is 5.47. The van der Waals surface area contributed by atoms with Gasteiger partial charge in [-0.05, 0) is 49.7 Å². The summed E-state index contributed by atoms with van der Waals surface area (Å²) in [6, 6.07) is 20.5. The van der Waals surface area contributed by atoms with E-state index in [2.05, 4.69) is 52.4 Å². The van der Waals surface area contributed by atoms with Crippen molar-refractivity contribution in [2.75, 3.05) is 45.8 Å². The van der Waals surface area contributed by atoms with Crippen molar-refractivity contribution in [1.29, 1.82) is 0 Å². The fourth-order valence-corrected chi connectivity index (χ4v) is 5.59. The van der Waals surface area contributed by atoms with E-state index in [0.29, 0.717) is 19.5 Å². The second-order valence-electron chi connectivity index (χ2n) is 10.3. The molecule has 0 aliphatic carbocycles. The third-order valence-electron chi connectivity index (χ3n) is 7.80. The van der Waals surface area contributed by atoms with Crippen LogP contribution >= 0.6 is 0 Å². The van der Waals surface area contributed by atoms with Gasteiger partial charge in [0.2, 0.25) is 0 Å². The van der Waals surface area contributed by atoms with Gasteiger partial charge < -0.3 is 24.8 Å². The molecule has 2 fully saturated rings. The van der Waals surface area contributed by atoms with Crippen molar-refractivity contribution in [2.45, 2.75) is 57.6 Å². The molecule has 200 valence electrons. The lowest BCUT2D eigenvalue weighted by molar-refractivity contribution is -0.00243. The van der Waals surface area contributed by atoms with Crippen LogP contribution in [0.4, 0.5) is 9.59 Å². The van der Waals surface area contributed by atoms with Crippen LogP contribution in [0.15, 0.2) is 60.7 Å². The Balaban J connectivity index is 1.19. The number of carbonyl (C=O) groups excluding carboxylic acids is 2. The van der Waals surface area contributed by atoms with Gasteiger partial charge in [-0.3, -0.25) is 0 Å². The number of amides is 3. The lowest BCUT2D eigenvalue weighted by Crippen LogP contribution is -2.65. The SMILES string of the molecule is CCCN1C(=O)N(CCCNC(=O)OCc2ccccc2)CCC12CCN(CCc1ccccc1)CC2. The van der Waals surface area contributed by atoms with Crippen LogP contribution in [0.25, 0.3) is 0 Å². The number of likely N-dealkylation sites (tertiary alicyclic amines) is 1. The Bertz CT molecular complexity index is 977. The van der Waals surface area contributed by atoms with Gasteiger partial charge >= 0.3 is 12.1 Å². The minimum absolute atomic E-state index is 0.00760. The van der Waals surface area contributed by atoms with Crippen molar-refractivity contribution in [1.82, 2.24) is 20.0 Å². The zero-order chi connectivity index (χ0) is 25.9. The minimum Gasteiger partial charge on any atom is -0.445 e. The van der Waals surface area contributed by atoms with Gasteiger partial charge in [0.25, 0.3) is 0 Å². The first-order valence-electron chi connectivity index (χ1n) is 13.9. The molecular weight excluding hydrogens is 464 g/mol. The molecule has 1 spiro atoms. The molecule has 0 saturated carbocycles. The Hall–Kier alpha value is -3.06. The fourth-order valence-electron chi connectivity index (χ4n) is 5.59. The van der Waals surface area contributed by atoms with E-state index in [-0.39, 0.29) is 18.2 Å². The number of piperidine rings is 1. The predicted molar refractivity (Wildman–Crippen MR) is 146 cm³/mol. The van der Waals surface area contributed by atoms with Crippen molar-refractivity contribution in [3.8, 4) is 0 Å².